The zero-order chi connectivity index (χ0) is 15.7. The van der Waals surface area contributed by atoms with Crippen LogP contribution in [0.2, 0.25) is 0 Å². The first kappa shape index (κ1) is 17.0. The van der Waals surface area contributed by atoms with Crippen LogP contribution in [0.1, 0.15) is 37.0 Å². The molecule has 5 heteroatoms. The van der Waals surface area contributed by atoms with Crippen LogP contribution in [0, 0.1) is 0 Å². The Morgan fingerprint density at radius 2 is 1.86 bits per heavy atom. The van der Waals surface area contributed by atoms with E-state index in [1.807, 2.05) is 6.92 Å². The van der Waals surface area contributed by atoms with Crippen LogP contribution in [0.15, 0.2) is 24.3 Å². The fourth-order valence-corrected chi connectivity index (χ4v) is 1.61. The van der Waals surface area contributed by atoms with E-state index in [1.54, 1.807) is 36.2 Å². The second kappa shape index (κ2) is 9.00. The number of ether oxygens (including phenoxy) is 1. The monoisotopic (exact) mass is 292 g/mol. The molecule has 1 N–H and O–H groups in total. The second-order valence-corrected chi connectivity index (χ2v) is 4.82. The quantitative estimate of drug-likeness (QED) is 0.746. The number of hydrogen-bond acceptors (Lipinski definition) is 3. The molecule has 21 heavy (non-hydrogen) atoms. The van der Waals surface area contributed by atoms with Crippen molar-refractivity contribution in [1.29, 1.82) is 0 Å². The van der Waals surface area contributed by atoms with Crippen LogP contribution in [-0.2, 0) is 4.79 Å². The molecule has 0 unspecified atom stereocenters. The molecule has 5 nitrogen and oxygen atoms in total. The number of unbranched alkanes of at least 4 members (excludes halogenated alkanes) is 1. The summed E-state index contributed by atoms with van der Waals surface area (Å²) in [5.41, 5.74) is 0.518. The fraction of sp³-hybridized carbons (Fsp3) is 0.500. The number of carbonyl (C=O) groups is 2. The van der Waals surface area contributed by atoms with Gasteiger partial charge in [-0.15, -0.1) is 0 Å². The summed E-state index contributed by atoms with van der Waals surface area (Å²) in [6, 6.07) is 6.93. The molecule has 1 rings (SSSR count). The first-order chi connectivity index (χ1) is 10.1. The maximum Gasteiger partial charge on any atom is 0.251 e. The number of rotatable bonds is 8. The Morgan fingerprint density at radius 1 is 1.19 bits per heavy atom. The van der Waals surface area contributed by atoms with Crippen molar-refractivity contribution in [3.8, 4) is 5.75 Å². The van der Waals surface area contributed by atoms with Gasteiger partial charge in [0.1, 0.15) is 5.75 Å². The van der Waals surface area contributed by atoms with Crippen molar-refractivity contribution in [2.75, 3.05) is 26.7 Å². The second-order valence-electron chi connectivity index (χ2n) is 4.82. The Morgan fingerprint density at radius 3 is 2.43 bits per heavy atom. The van der Waals surface area contributed by atoms with Gasteiger partial charge in [-0.05, 0) is 37.6 Å². The molecule has 0 heterocycles. The lowest BCUT2D eigenvalue weighted by atomic mass is 10.2. The minimum absolute atomic E-state index is 0.0118. The molecule has 0 aliphatic rings. The molecule has 2 amide bonds. The van der Waals surface area contributed by atoms with Crippen molar-refractivity contribution in [2.24, 2.45) is 0 Å². The number of carbonyl (C=O) groups excluding carboxylic acids is 2. The molecular formula is C16H24N2O3. The lowest BCUT2D eigenvalue weighted by Gasteiger charge is -2.14. The summed E-state index contributed by atoms with van der Waals surface area (Å²) in [7, 11) is 1.71. The van der Waals surface area contributed by atoms with E-state index in [9.17, 15) is 9.59 Å². The maximum atomic E-state index is 11.9. The van der Waals surface area contributed by atoms with E-state index in [4.69, 9.17) is 4.74 Å². The van der Waals surface area contributed by atoms with Gasteiger partial charge >= 0.3 is 0 Å². The van der Waals surface area contributed by atoms with Gasteiger partial charge in [-0.2, -0.15) is 0 Å². The Labute approximate surface area is 126 Å². The van der Waals surface area contributed by atoms with Crippen LogP contribution in [-0.4, -0.2) is 43.5 Å². The van der Waals surface area contributed by atoms with Crippen molar-refractivity contribution in [3.63, 3.8) is 0 Å². The van der Waals surface area contributed by atoms with E-state index in [2.05, 4.69) is 12.2 Å². The van der Waals surface area contributed by atoms with E-state index in [0.717, 1.165) is 18.6 Å². The summed E-state index contributed by atoms with van der Waals surface area (Å²) in [5.74, 6) is 0.389. The van der Waals surface area contributed by atoms with Crippen LogP contribution in [0.25, 0.3) is 0 Å². The number of benzene rings is 1. The number of nitrogens with one attached hydrogen (secondary N) is 1. The smallest absolute Gasteiger partial charge is 0.251 e. The Hall–Kier alpha value is -2.04. The topological polar surface area (TPSA) is 58.6 Å². The highest BCUT2D eigenvalue weighted by Gasteiger charge is 2.10. The van der Waals surface area contributed by atoms with Crippen LogP contribution < -0.4 is 10.1 Å². The van der Waals surface area contributed by atoms with E-state index >= 15 is 0 Å². The SMILES string of the molecule is CCCCOc1ccc(C(=O)NCC(=O)N(C)CC)cc1. The fourth-order valence-electron chi connectivity index (χ4n) is 1.61. The highest BCUT2D eigenvalue weighted by molar-refractivity contribution is 5.96. The van der Waals surface area contributed by atoms with E-state index in [-0.39, 0.29) is 18.4 Å². The Bertz CT molecular complexity index is 457. The average Bonchev–Trinajstić information content (AvgIpc) is 2.52. The maximum absolute atomic E-state index is 11.9. The van der Waals surface area contributed by atoms with Crippen LogP contribution in [0.3, 0.4) is 0 Å². The summed E-state index contributed by atoms with van der Waals surface area (Å²) < 4.78 is 5.53. The van der Waals surface area contributed by atoms with Crippen molar-refractivity contribution < 1.29 is 14.3 Å². The number of likely N-dealkylation sites (N-methyl/N-ethyl adjacent to an activating group) is 1. The third-order valence-corrected chi connectivity index (χ3v) is 3.18. The number of nitrogens with zero attached hydrogens (tertiary/aromatic N) is 1. The van der Waals surface area contributed by atoms with Gasteiger partial charge in [-0.25, -0.2) is 0 Å². The Balaban J connectivity index is 2.46. The molecule has 0 saturated carbocycles. The minimum atomic E-state index is -0.257. The first-order valence-electron chi connectivity index (χ1n) is 7.33. The highest BCUT2D eigenvalue weighted by Crippen LogP contribution is 2.12. The zero-order valence-electron chi connectivity index (χ0n) is 13.0. The minimum Gasteiger partial charge on any atom is -0.494 e. The third kappa shape index (κ3) is 5.85. The highest BCUT2D eigenvalue weighted by atomic mass is 16.5. The molecule has 0 aromatic heterocycles. The normalized spacial score (nSPS) is 10.0. The van der Waals surface area contributed by atoms with Crippen molar-refractivity contribution in [3.05, 3.63) is 29.8 Å². The summed E-state index contributed by atoms with van der Waals surface area (Å²) in [4.78, 5) is 25.1. The van der Waals surface area contributed by atoms with E-state index < -0.39 is 0 Å². The summed E-state index contributed by atoms with van der Waals surface area (Å²) in [6.45, 7) is 5.31. The van der Waals surface area contributed by atoms with E-state index in [1.165, 1.54) is 0 Å². The average molecular weight is 292 g/mol. The zero-order valence-corrected chi connectivity index (χ0v) is 13.0. The molecule has 0 saturated heterocycles. The van der Waals surface area contributed by atoms with Crippen molar-refractivity contribution in [1.82, 2.24) is 10.2 Å². The van der Waals surface area contributed by atoms with E-state index in [0.29, 0.717) is 18.7 Å². The molecule has 0 bridgehead atoms. The van der Waals surface area contributed by atoms with Gasteiger partial charge in [-0.1, -0.05) is 13.3 Å². The van der Waals surface area contributed by atoms with Crippen LogP contribution in [0.4, 0.5) is 0 Å². The van der Waals surface area contributed by atoms with Gasteiger partial charge < -0.3 is 15.0 Å². The van der Waals surface area contributed by atoms with Crippen molar-refractivity contribution >= 4 is 11.8 Å². The largest absolute Gasteiger partial charge is 0.494 e. The number of hydrogen-bond donors (Lipinski definition) is 1. The molecule has 0 spiro atoms. The van der Waals surface area contributed by atoms with Crippen molar-refractivity contribution in [2.45, 2.75) is 26.7 Å². The summed E-state index contributed by atoms with van der Waals surface area (Å²) >= 11 is 0. The van der Waals surface area contributed by atoms with Gasteiger partial charge in [0.05, 0.1) is 13.2 Å². The molecule has 1 aromatic carbocycles. The molecule has 0 radical (unpaired) electrons. The molecule has 0 aliphatic carbocycles. The standard InChI is InChI=1S/C16H24N2O3/c1-4-6-11-21-14-9-7-13(8-10-14)16(20)17-12-15(19)18(3)5-2/h7-10H,4-6,11-12H2,1-3H3,(H,17,20). The molecule has 0 aliphatic heterocycles. The summed E-state index contributed by atoms with van der Waals surface area (Å²) in [5, 5.41) is 2.61. The lowest BCUT2D eigenvalue weighted by molar-refractivity contribution is -0.128. The predicted octanol–water partition coefficient (Wildman–Crippen LogP) is 2.07. The first-order valence-corrected chi connectivity index (χ1v) is 7.33. The van der Waals surface area contributed by atoms with Gasteiger partial charge in [0, 0.05) is 19.2 Å². The van der Waals surface area contributed by atoms with Crippen LogP contribution >= 0.6 is 0 Å². The van der Waals surface area contributed by atoms with Gasteiger partial charge in [0.15, 0.2) is 0 Å². The van der Waals surface area contributed by atoms with Gasteiger partial charge in [-0.3, -0.25) is 9.59 Å². The third-order valence-electron chi connectivity index (χ3n) is 3.18. The molecular weight excluding hydrogens is 268 g/mol. The van der Waals surface area contributed by atoms with Crippen LogP contribution in [0.5, 0.6) is 5.75 Å². The molecule has 1 aromatic rings. The number of amides is 2. The summed E-state index contributed by atoms with van der Waals surface area (Å²) in [6.07, 6.45) is 2.09. The molecule has 0 atom stereocenters. The lowest BCUT2D eigenvalue weighted by Crippen LogP contribution is -2.37. The van der Waals surface area contributed by atoms with Gasteiger partial charge in [0.25, 0.3) is 5.91 Å². The molecule has 0 fully saturated rings. The van der Waals surface area contributed by atoms with Gasteiger partial charge in [0.2, 0.25) is 5.91 Å². The predicted molar refractivity (Wildman–Crippen MR) is 82.5 cm³/mol. The molecule has 116 valence electrons. The Kier molecular flexibility index (Phi) is 7.29.